The fraction of sp³-hybridized carbons (Fsp3) is 0.727. The van der Waals surface area contributed by atoms with Crippen LogP contribution in [0.15, 0.2) is 0 Å². The van der Waals surface area contributed by atoms with Gasteiger partial charge in [-0.15, -0.1) is 5.10 Å². The zero-order valence-corrected chi connectivity index (χ0v) is 9.81. The van der Waals surface area contributed by atoms with Crippen LogP contribution in [0.5, 0.6) is 0 Å². The number of carbonyl (C=O) groups excluding carboxylic acids is 1. The van der Waals surface area contributed by atoms with Crippen molar-refractivity contribution in [1.82, 2.24) is 15.0 Å². The number of nitrogens with two attached hydrogens (primary N) is 1. The third kappa shape index (κ3) is 2.40. The summed E-state index contributed by atoms with van der Waals surface area (Å²) in [5.74, 6) is 0.412. The summed E-state index contributed by atoms with van der Waals surface area (Å²) in [4.78, 5) is 10.9. The Morgan fingerprint density at radius 2 is 2.25 bits per heavy atom. The quantitative estimate of drug-likeness (QED) is 0.802. The van der Waals surface area contributed by atoms with Gasteiger partial charge in [-0.2, -0.15) is 0 Å². The predicted molar refractivity (Wildman–Crippen MR) is 59.7 cm³/mol. The van der Waals surface area contributed by atoms with Crippen LogP contribution >= 0.6 is 0 Å². The third-order valence-corrected chi connectivity index (χ3v) is 2.88. The maximum atomic E-state index is 10.9. The van der Waals surface area contributed by atoms with Crippen LogP contribution in [-0.4, -0.2) is 20.9 Å². The molecule has 2 rings (SSSR count). The monoisotopic (exact) mass is 222 g/mol. The molecule has 1 amide bonds. The standard InChI is InChI=1S/C11H18N4O/c1-7(2)15-10(5-8-3-4-8)9(13-14-15)6-11(12)16/h7-8H,3-6H2,1-2H3,(H2,12,16). The lowest BCUT2D eigenvalue weighted by atomic mass is 10.1. The molecule has 0 radical (unpaired) electrons. The van der Waals surface area contributed by atoms with Gasteiger partial charge in [0, 0.05) is 6.04 Å². The molecular weight excluding hydrogens is 204 g/mol. The Morgan fingerprint density at radius 3 is 2.75 bits per heavy atom. The van der Waals surface area contributed by atoms with E-state index in [9.17, 15) is 4.79 Å². The van der Waals surface area contributed by atoms with Crippen molar-refractivity contribution in [3.8, 4) is 0 Å². The normalized spacial score (nSPS) is 15.7. The average molecular weight is 222 g/mol. The van der Waals surface area contributed by atoms with Crippen LogP contribution in [0, 0.1) is 5.92 Å². The van der Waals surface area contributed by atoms with Crippen LogP contribution < -0.4 is 5.73 Å². The van der Waals surface area contributed by atoms with Crippen LogP contribution in [-0.2, 0) is 17.6 Å². The van der Waals surface area contributed by atoms with Crippen molar-refractivity contribution >= 4 is 5.91 Å². The van der Waals surface area contributed by atoms with Gasteiger partial charge >= 0.3 is 0 Å². The first-order valence-corrected chi connectivity index (χ1v) is 5.79. The largest absolute Gasteiger partial charge is 0.369 e. The lowest BCUT2D eigenvalue weighted by Gasteiger charge is -2.10. The molecule has 0 bridgehead atoms. The minimum Gasteiger partial charge on any atom is -0.369 e. The second-order valence-electron chi connectivity index (χ2n) is 4.81. The van der Waals surface area contributed by atoms with Gasteiger partial charge in [0.15, 0.2) is 0 Å². The van der Waals surface area contributed by atoms with Crippen LogP contribution in [0.4, 0.5) is 0 Å². The Labute approximate surface area is 95.0 Å². The number of primary amides is 1. The van der Waals surface area contributed by atoms with Gasteiger partial charge in [0.2, 0.25) is 5.91 Å². The summed E-state index contributed by atoms with van der Waals surface area (Å²) in [7, 11) is 0. The topological polar surface area (TPSA) is 73.8 Å². The molecule has 0 spiro atoms. The second-order valence-corrected chi connectivity index (χ2v) is 4.81. The molecule has 0 unspecified atom stereocenters. The molecule has 16 heavy (non-hydrogen) atoms. The number of rotatable bonds is 5. The fourth-order valence-corrected chi connectivity index (χ4v) is 1.87. The highest BCUT2D eigenvalue weighted by molar-refractivity contribution is 5.76. The Hall–Kier alpha value is -1.39. The van der Waals surface area contributed by atoms with Crippen LogP contribution in [0.2, 0.25) is 0 Å². The molecule has 1 aromatic heterocycles. The number of nitrogens with zero attached hydrogens (tertiary/aromatic N) is 3. The maximum absolute atomic E-state index is 10.9. The van der Waals surface area contributed by atoms with Crippen molar-refractivity contribution in [2.45, 2.75) is 45.6 Å². The molecule has 0 atom stereocenters. The minimum atomic E-state index is -0.340. The van der Waals surface area contributed by atoms with E-state index in [0.29, 0.717) is 0 Å². The van der Waals surface area contributed by atoms with Crippen LogP contribution in [0.3, 0.4) is 0 Å². The lowest BCUT2D eigenvalue weighted by Crippen LogP contribution is -2.16. The van der Waals surface area contributed by atoms with E-state index >= 15 is 0 Å². The highest BCUT2D eigenvalue weighted by Gasteiger charge is 2.26. The van der Waals surface area contributed by atoms with Crippen molar-refractivity contribution in [3.63, 3.8) is 0 Å². The Morgan fingerprint density at radius 1 is 1.56 bits per heavy atom. The molecule has 1 heterocycles. The van der Waals surface area contributed by atoms with Crippen LogP contribution in [0.25, 0.3) is 0 Å². The molecule has 1 aromatic rings. The summed E-state index contributed by atoms with van der Waals surface area (Å²) >= 11 is 0. The van der Waals surface area contributed by atoms with Crippen molar-refractivity contribution in [1.29, 1.82) is 0 Å². The molecule has 5 heteroatoms. The zero-order valence-electron chi connectivity index (χ0n) is 9.81. The van der Waals surface area contributed by atoms with Gasteiger partial charge < -0.3 is 5.73 Å². The maximum Gasteiger partial charge on any atom is 0.223 e. The van der Waals surface area contributed by atoms with E-state index in [1.165, 1.54) is 12.8 Å². The van der Waals surface area contributed by atoms with Crippen molar-refractivity contribution in [2.24, 2.45) is 11.7 Å². The second kappa shape index (κ2) is 4.23. The highest BCUT2D eigenvalue weighted by atomic mass is 16.1. The SMILES string of the molecule is CC(C)n1nnc(CC(N)=O)c1CC1CC1. The van der Waals surface area contributed by atoms with Gasteiger partial charge in [-0.3, -0.25) is 4.79 Å². The number of amides is 1. The molecule has 88 valence electrons. The summed E-state index contributed by atoms with van der Waals surface area (Å²) < 4.78 is 1.91. The molecular formula is C11H18N4O. The Balaban J connectivity index is 2.24. The third-order valence-electron chi connectivity index (χ3n) is 2.88. The van der Waals surface area contributed by atoms with Gasteiger partial charge in [-0.25, -0.2) is 4.68 Å². The number of carbonyl (C=O) groups is 1. The molecule has 1 saturated carbocycles. The predicted octanol–water partition coefficient (Wildman–Crippen LogP) is 0.839. The van der Waals surface area contributed by atoms with Gasteiger partial charge in [-0.05, 0) is 39.0 Å². The summed E-state index contributed by atoms with van der Waals surface area (Å²) in [5, 5.41) is 8.18. The van der Waals surface area contributed by atoms with E-state index in [-0.39, 0.29) is 18.4 Å². The summed E-state index contributed by atoms with van der Waals surface area (Å²) in [6.07, 6.45) is 3.74. The zero-order chi connectivity index (χ0) is 11.7. The molecule has 0 saturated heterocycles. The lowest BCUT2D eigenvalue weighted by molar-refractivity contribution is -0.117. The number of hydrogen-bond donors (Lipinski definition) is 1. The molecule has 1 fully saturated rings. The van der Waals surface area contributed by atoms with Gasteiger partial charge in [0.1, 0.15) is 0 Å². The van der Waals surface area contributed by atoms with E-state index in [4.69, 9.17) is 5.73 Å². The van der Waals surface area contributed by atoms with E-state index in [0.717, 1.165) is 23.7 Å². The van der Waals surface area contributed by atoms with Crippen molar-refractivity contribution in [3.05, 3.63) is 11.4 Å². The van der Waals surface area contributed by atoms with Crippen molar-refractivity contribution in [2.75, 3.05) is 0 Å². The highest BCUT2D eigenvalue weighted by Crippen LogP contribution is 2.33. The first-order valence-electron chi connectivity index (χ1n) is 5.79. The molecule has 5 nitrogen and oxygen atoms in total. The Bertz CT molecular complexity index is 393. The summed E-state index contributed by atoms with van der Waals surface area (Å²) in [6.45, 7) is 4.14. The molecule has 1 aliphatic carbocycles. The summed E-state index contributed by atoms with van der Waals surface area (Å²) in [6, 6.07) is 0.280. The molecule has 2 N–H and O–H groups in total. The number of hydrogen-bond acceptors (Lipinski definition) is 3. The molecule has 0 aromatic carbocycles. The van der Waals surface area contributed by atoms with E-state index in [1.54, 1.807) is 0 Å². The van der Waals surface area contributed by atoms with Gasteiger partial charge in [-0.1, -0.05) is 5.21 Å². The average Bonchev–Trinajstić information content (AvgIpc) is 2.89. The smallest absolute Gasteiger partial charge is 0.223 e. The van der Waals surface area contributed by atoms with Crippen molar-refractivity contribution < 1.29 is 4.79 Å². The van der Waals surface area contributed by atoms with E-state index < -0.39 is 0 Å². The summed E-state index contributed by atoms with van der Waals surface area (Å²) in [5.41, 5.74) is 7.06. The van der Waals surface area contributed by atoms with E-state index in [2.05, 4.69) is 24.2 Å². The van der Waals surface area contributed by atoms with Gasteiger partial charge in [0.25, 0.3) is 0 Å². The Kier molecular flexibility index (Phi) is 2.94. The molecule has 1 aliphatic rings. The minimum absolute atomic E-state index is 0.203. The van der Waals surface area contributed by atoms with Crippen LogP contribution in [0.1, 0.15) is 44.1 Å². The fourth-order valence-electron chi connectivity index (χ4n) is 1.87. The molecule has 0 aliphatic heterocycles. The van der Waals surface area contributed by atoms with E-state index in [1.807, 2.05) is 4.68 Å². The number of aromatic nitrogens is 3. The van der Waals surface area contributed by atoms with Gasteiger partial charge in [0.05, 0.1) is 17.8 Å². The first kappa shape index (κ1) is 11.1. The first-order chi connectivity index (χ1) is 7.58.